The molecule has 1 aliphatic carbocycles. The van der Waals surface area contributed by atoms with Gasteiger partial charge in [-0.1, -0.05) is 56.0 Å². The Kier molecular flexibility index (Phi) is 4.18. The lowest BCUT2D eigenvalue weighted by Gasteiger charge is -2.28. The Morgan fingerprint density at radius 3 is 2.22 bits per heavy atom. The summed E-state index contributed by atoms with van der Waals surface area (Å²) in [7, 11) is 0. The molecule has 0 aliphatic heterocycles. The van der Waals surface area contributed by atoms with Gasteiger partial charge in [0.2, 0.25) is 0 Å². The van der Waals surface area contributed by atoms with Crippen molar-refractivity contribution >= 4 is 5.78 Å². The number of benzene rings is 1. The largest absolute Gasteiger partial charge is 0.315 e. The summed E-state index contributed by atoms with van der Waals surface area (Å²) in [5.41, 5.74) is 6.41. The van der Waals surface area contributed by atoms with Crippen LogP contribution in [-0.4, -0.2) is 5.78 Å². The molecule has 2 rings (SSSR count). The Labute approximate surface area is 110 Å². The fourth-order valence-electron chi connectivity index (χ4n) is 2.89. The highest BCUT2D eigenvalue weighted by Gasteiger charge is 2.35. The van der Waals surface area contributed by atoms with Gasteiger partial charge in [-0.2, -0.15) is 0 Å². The summed E-state index contributed by atoms with van der Waals surface area (Å²) < 4.78 is 0. The summed E-state index contributed by atoms with van der Waals surface area (Å²) in [5.74, 6) is 0.373. The molecule has 1 saturated carbocycles. The molecule has 0 spiro atoms. The van der Waals surface area contributed by atoms with Crippen LogP contribution in [0.4, 0.5) is 0 Å². The van der Waals surface area contributed by atoms with E-state index in [9.17, 15) is 4.79 Å². The number of hydrogen-bond donors (Lipinski definition) is 1. The Morgan fingerprint density at radius 2 is 1.67 bits per heavy atom. The van der Waals surface area contributed by atoms with Crippen LogP contribution >= 0.6 is 0 Å². The van der Waals surface area contributed by atoms with E-state index in [0.717, 1.165) is 18.4 Å². The maximum absolute atomic E-state index is 12.6. The molecule has 2 N–H and O–H groups in total. The predicted molar refractivity (Wildman–Crippen MR) is 74.2 cm³/mol. The maximum atomic E-state index is 12.6. The third kappa shape index (κ3) is 2.81. The van der Waals surface area contributed by atoms with E-state index in [-0.39, 0.29) is 11.7 Å². The molecule has 1 fully saturated rings. The molecule has 0 heterocycles. The van der Waals surface area contributed by atoms with Crippen LogP contribution in [0.15, 0.2) is 30.3 Å². The van der Waals surface area contributed by atoms with Crippen molar-refractivity contribution in [2.75, 3.05) is 0 Å². The van der Waals surface area contributed by atoms with E-state index in [4.69, 9.17) is 5.73 Å². The minimum absolute atomic E-state index is 0.155. The van der Waals surface area contributed by atoms with Crippen molar-refractivity contribution in [3.8, 4) is 0 Å². The van der Waals surface area contributed by atoms with E-state index < -0.39 is 5.54 Å². The van der Waals surface area contributed by atoms with Crippen LogP contribution in [0.25, 0.3) is 0 Å². The van der Waals surface area contributed by atoms with Crippen LogP contribution in [0.5, 0.6) is 0 Å². The second kappa shape index (κ2) is 5.66. The zero-order valence-electron chi connectivity index (χ0n) is 11.2. The van der Waals surface area contributed by atoms with Crippen molar-refractivity contribution in [2.45, 2.75) is 51.0 Å². The smallest absolute Gasteiger partial charge is 0.159 e. The van der Waals surface area contributed by atoms with Crippen LogP contribution in [-0.2, 0) is 10.3 Å². The van der Waals surface area contributed by atoms with Crippen molar-refractivity contribution in [3.05, 3.63) is 35.9 Å². The molecule has 1 aliphatic rings. The van der Waals surface area contributed by atoms with Crippen molar-refractivity contribution in [1.29, 1.82) is 0 Å². The summed E-state index contributed by atoms with van der Waals surface area (Å²) in [6.45, 7) is 1.86. The Balaban J connectivity index is 2.16. The Morgan fingerprint density at radius 1 is 1.11 bits per heavy atom. The van der Waals surface area contributed by atoms with Gasteiger partial charge in [0.15, 0.2) is 5.78 Å². The zero-order chi connectivity index (χ0) is 13.0. The van der Waals surface area contributed by atoms with Gasteiger partial charge >= 0.3 is 0 Å². The summed E-state index contributed by atoms with van der Waals surface area (Å²) >= 11 is 0. The van der Waals surface area contributed by atoms with Crippen LogP contribution in [0, 0.1) is 5.92 Å². The van der Waals surface area contributed by atoms with Gasteiger partial charge in [0.1, 0.15) is 0 Å². The first-order valence-electron chi connectivity index (χ1n) is 7.01. The highest BCUT2D eigenvalue weighted by atomic mass is 16.1. The fourth-order valence-corrected chi connectivity index (χ4v) is 2.89. The molecule has 2 nitrogen and oxygen atoms in total. The quantitative estimate of drug-likeness (QED) is 0.829. The van der Waals surface area contributed by atoms with E-state index >= 15 is 0 Å². The second-order valence-corrected chi connectivity index (χ2v) is 5.62. The van der Waals surface area contributed by atoms with Gasteiger partial charge in [0.05, 0.1) is 5.54 Å². The zero-order valence-corrected chi connectivity index (χ0v) is 11.2. The summed E-state index contributed by atoms with van der Waals surface area (Å²) in [6.07, 6.45) is 6.88. The molecule has 1 unspecified atom stereocenters. The summed E-state index contributed by atoms with van der Waals surface area (Å²) in [5, 5.41) is 0. The third-order valence-corrected chi connectivity index (χ3v) is 4.11. The van der Waals surface area contributed by atoms with Gasteiger partial charge in [-0.15, -0.1) is 0 Å². The van der Waals surface area contributed by atoms with Crippen LogP contribution in [0.3, 0.4) is 0 Å². The topological polar surface area (TPSA) is 43.1 Å². The molecule has 0 bridgehead atoms. The van der Waals surface area contributed by atoms with E-state index in [0.29, 0.717) is 0 Å². The number of ketones is 1. The highest BCUT2D eigenvalue weighted by Crippen LogP contribution is 2.30. The number of carbonyl (C=O) groups excluding carboxylic acids is 1. The number of carbonyl (C=O) groups is 1. The number of nitrogens with two attached hydrogens (primary N) is 1. The SMILES string of the molecule is CC(N)(C(=O)C1CCCCCC1)c1ccccc1. The molecular weight excluding hydrogens is 222 g/mol. The van der Waals surface area contributed by atoms with Gasteiger partial charge in [-0.25, -0.2) is 0 Å². The molecule has 1 atom stereocenters. The Bertz CT molecular complexity index is 389. The monoisotopic (exact) mass is 245 g/mol. The number of Topliss-reactive ketones (excluding diaryl/α,β-unsaturated/α-hetero) is 1. The summed E-state index contributed by atoms with van der Waals surface area (Å²) in [6, 6.07) is 9.75. The van der Waals surface area contributed by atoms with Crippen molar-refractivity contribution in [3.63, 3.8) is 0 Å². The molecular formula is C16H23NO. The van der Waals surface area contributed by atoms with E-state index in [1.807, 2.05) is 37.3 Å². The number of rotatable bonds is 3. The molecule has 1 aromatic carbocycles. The van der Waals surface area contributed by atoms with Gasteiger partial charge in [-0.3, -0.25) is 4.79 Å². The van der Waals surface area contributed by atoms with Crippen molar-refractivity contribution < 1.29 is 4.79 Å². The van der Waals surface area contributed by atoms with E-state index in [1.54, 1.807) is 0 Å². The molecule has 0 saturated heterocycles. The number of hydrogen-bond acceptors (Lipinski definition) is 2. The first kappa shape index (κ1) is 13.3. The maximum Gasteiger partial charge on any atom is 0.159 e. The Hall–Kier alpha value is -1.15. The lowest BCUT2D eigenvalue weighted by molar-refractivity contribution is -0.128. The minimum Gasteiger partial charge on any atom is -0.315 e. The molecule has 0 aromatic heterocycles. The van der Waals surface area contributed by atoms with Crippen molar-refractivity contribution in [2.24, 2.45) is 11.7 Å². The van der Waals surface area contributed by atoms with E-state index in [1.165, 1.54) is 25.7 Å². The minimum atomic E-state index is -0.837. The lowest BCUT2D eigenvalue weighted by atomic mass is 9.79. The molecule has 0 radical (unpaired) electrons. The first-order valence-corrected chi connectivity index (χ1v) is 7.01. The molecule has 0 amide bonds. The van der Waals surface area contributed by atoms with E-state index in [2.05, 4.69) is 0 Å². The highest BCUT2D eigenvalue weighted by molar-refractivity contribution is 5.91. The molecule has 1 aromatic rings. The first-order chi connectivity index (χ1) is 8.62. The predicted octanol–water partition coefficient (Wildman–Crippen LogP) is 3.40. The normalized spacial score (nSPS) is 21.0. The van der Waals surface area contributed by atoms with Crippen molar-refractivity contribution in [1.82, 2.24) is 0 Å². The van der Waals surface area contributed by atoms with Gasteiger partial charge in [0.25, 0.3) is 0 Å². The fraction of sp³-hybridized carbons (Fsp3) is 0.562. The van der Waals surface area contributed by atoms with Crippen LogP contribution in [0.2, 0.25) is 0 Å². The molecule has 18 heavy (non-hydrogen) atoms. The third-order valence-electron chi connectivity index (χ3n) is 4.11. The van der Waals surface area contributed by atoms with Crippen LogP contribution < -0.4 is 5.73 Å². The van der Waals surface area contributed by atoms with Gasteiger partial charge in [-0.05, 0) is 25.3 Å². The van der Waals surface area contributed by atoms with Gasteiger partial charge < -0.3 is 5.73 Å². The molecule has 2 heteroatoms. The summed E-state index contributed by atoms with van der Waals surface area (Å²) in [4.78, 5) is 12.6. The average molecular weight is 245 g/mol. The molecule has 98 valence electrons. The van der Waals surface area contributed by atoms with Gasteiger partial charge in [0, 0.05) is 5.92 Å². The van der Waals surface area contributed by atoms with Crippen LogP contribution in [0.1, 0.15) is 51.0 Å². The second-order valence-electron chi connectivity index (χ2n) is 5.62. The average Bonchev–Trinajstić information content (AvgIpc) is 2.67. The standard InChI is InChI=1S/C16H23NO/c1-16(17,14-11-7-4-8-12-14)15(18)13-9-5-2-3-6-10-13/h4,7-8,11-13H,2-3,5-6,9-10,17H2,1H3. The lowest BCUT2D eigenvalue weighted by Crippen LogP contribution is -2.45.